The van der Waals surface area contributed by atoms with Crippen molar-refractivity contribution in [3.8, 4) is 5.75 Å². The molecule has 0 amide bonds. The average molecular weight is 502 g/mol. The van der Waals surface area contributed by atoms with Crippen LogP contribution in [0.3, 0.4) is 0 Å². The predicted octanol–water partition coefficient (Wildman–Crippen LogP) is 5.09. The van der Waals surface area contributed by atoms with Crippen LogP contribution in [0.15, 0.2) is 36.0 Å². The number of pyridine rings is 1. The highest BCUT2D eigenvalue weighted by molar-refractivity contribution is 8.00. The summed E-state index contributed by atoms with van der Waals surface area (Å²) in [5, 5.41) is 11.6. The van der Waals surface area contributed by atoms with Crippen LogP contribution in [0.2, 0.25) is 0 Å². The van der Waals surface area contributed by atoms with Crippen LogP contribution in [0, 0.1) is 34.0 Å². The molecule has 35 heavy (non-hydrogen) atoms. The van der Waals surface area contributed by atoms with Crippen LogP contribution in [0.5, 0.6) is 5.75 Å². The van der Waals surface area contributed by atoms with E-state index in [2.05, 4.69) is 32.3 Å². The summed E-state index contributed by atoms with van der Waals surface area (Å²) in [5.41, 5.74) is -1.40. The van der Waals surface area contributed by atoms with E-state index in [9.17, 15) is 14.7 Å². The predicted molar refractivity (Wildman–Crippen MR) is 136 cm³/mol. The van der Waals surface area contributed by atoms with E-state index in [1.54, 1.807) is 19.5 Å². The first-order chi connectivity index (χ1) is 16.5. The minimum absolute atomic E-state index is 0.0402. The van der Waals surface area contributed by atoms with Gasteiger partial charge in [0.25, 0.3) is 0 Å². The van der Waals surface area contributed by atoms with Crippen LogP contribution in [-0.2, 0) is 14.3 Å². The lowest BCUT2D eigenvalue weighted by atomic mass is 9.44. The number of carbonyl (C=O) groups is 2. The number of aromatic nitrogens is 1. The van der Waals surface area contributed by atoms with E-state index < -0.39 is 23.0 Å². The zero-order chi connectivity index (χ0) is 25.6. The fourth-order valence-electron chi connectivity index (χ4n) is 7.43. The average Bonchev–Trinajstić information content (AvgIpc) is 3.21. The lowest BCUT2D eigenvalue weighted by molar-refractivity contribution is -0.205. The maximum atomic E-state index is 13.5. The highest BCUT2D eigenvalue weighted by Crippen LogP contribution is 2.68. The minimum Gasteiger partial charge on any atom is -0.495 e. The van der Waals surface area contributed by atoms with Gasteiger partial charge < -0.3 is 14.6 Å². The van der Waals surface area contributed by atoms with E-state index in [-0.39, 0.29) is 40.7 Å². The smallest absolute Gasteiger partial charge is 0.316 e. The second-order valence-corrected chi connectivity index (χ2v) is 12.5. The van der Waals surface area contributed by atoms with Gasteiger partial charge in [-0.15, -0.1) is 18.3 Å². The Bertz CT molecular complexity index is 999. The largest absolute Gasteiger partial charge is 0.495 e. The molecule has 2 bridgehead atoms. The van der Waals surface area contributed by atoms with E-state index in [0.717, 1.165) is 24.2 Å². The number of methoxy groups -OCH3 is 1. The number of aliphatic hydroxyl groups is 1. The molecular formula is C28H39NO5S. The molecular weight excluding hydrogens is 462 g/mol. The minimum atomic E-state index is -0.662. The zero-order valence-electron chi connectivity index (χ0n) is 21.6. The molecule has 3 fully saturated rings. The SMILES string of the molecule is C=C[C@]1(C)C[C@@H](OC(=O)CSc2cncc(OC)c2)[C@]2(C)[C@H](C)CC[C@]3(CCC(=O)[C@H]32)[C@@H](C)[C@@H]1O. The van der Waals surface area contributed by atoms with Crippen molar-refractivity contribution < 1.29 is 24.2 Å². The standard InChI is InChI=1S/C28H39NO5S/c1-7-26(4)13-22(34-23(31)16-35-20-12-19(33-6)14-29-15-20)27(5)17(2)8-10-28(18(3)25(26)32)11-9-21(30)24(27)28/h7,12,14-15,17-18,22,24-25,32H,1,8-11,13,16H2,2-6H3/t17-,18+,22-,24+,25+,26-,27+,28+/m1/s1. The summed E-state index contributed by atoms with van der Waals surface area (Å²) in [7, 11) is 1.58. The van der Waals surface area contributed by atoms with E-state index in [1.807, 2.05) is 19.1 Å². The Balaban J connectivity index is 1.66. The van der Waals surface area contributed by atoms with Gasteiger partial charge in [-0.1, -0.05) is 33.8 Å². The third kappa shape index (κ3) is 4.22. The Kier molecular flexibility index (Phi) is 7.15. The van der Waals surface area contributed by atoms with Crippen LogP contribution in [0.4, 0.5) is 0 Å². The number of ketones is 1. The first-order valence-electron chi connectivity index (χ1n) is 12.7. The van der Waals surface area contributed by atoms with Gasteiger partial charge in [0.15, 0.2) is 0 Å². The van der Waals surface area contributed by atoms with Crippen molar-refractivity contribution in [3.63, 3.8) is 0 Å². The maximum absolute atomic E-state index is 13.5. The van der Waals surface area contributed by atoms with E-state index in [1.165, 1.54) is 11.8 Å². The molecule has 3 aliphatic carbocycles. The van der Waals surface area contributed by atoms with Crippen molar-refractivity contribution in [2.24, 2.45) is 34.0 Å². The number of ether oxygens (including phenoxy) is 2. The first-order valence-corrected chi connectivity index (χ1v) is 13.7. The van der Waals surface area contributed by atoms with Gasteiger partial charge >= 0.3 is 5.97 Å². The summed E-state index contributed by atoms with van der Waals surface area (Å²) < 4.78 is 11.5. The molecule has 6 nitrogen and oxygen atoms in total. The van der Waals surface area contributed by atoms with Gasteiger partial charge in [-0.3, -0.25) is 14.6 Å². The quantitative estimate of drug-likeness (QED) is 0.330. The van der Waals surface area contributed by atoms with E-state index in [4.69, 9.17) is 9.47 Å². The Morgan fingerprint density at radius 2 is 2.06 bits per heavy atom. The number of aliphatic hydroxyl groups excluding tert-OH is 1. The van der Waals surface area contributed by atoms with Crippen molar-refractivity contribution >= 4 is 23.5 Å². The van der Waals surface area contributed by atoms with Crippen LogP contribution in [0.25, 0.3) is 0 Å². The zero-order valence-corrected chi connectivity index (χ0v) is 22.4. The van der Waals surface area contributed by atoms with Gasteiger partial charge in [-0.05, 0) is 49.0 Å². The number of thioether (sulfide) groups is 1. The third-order valence-electron chi connectivity index (χ3n) is 9.86. The Hall–Kier alpha value is -1.86. The van der Waals surface area contributed by atoms with Crippen molar-refractivity contribution in [1.29, 1.82) is 0 Å². The number of rotatable bonds is 6. The van der Waals surface area contributed by atoms with Gasteiger partial charge in [0, 0.05) is 34.3 Å². The number of esters is 1. The van der Waals surface area contributed by atoms with Crippen LogP contribution in [0.1, 0.15) is 59.8 Å². The molecule has 7 heteroatoms. The Morgan fingerprint density at radius 3 is 2.74 bits per heavy atom. The van der Waals surface area contributed by atoms with Crippen molar-refractivity contribution in [2.45, 2.75) is 76.9 Å². The number of nitrogens with zero attached hydrogens (tertiary/aromatic N) is 1. The molecule has 0 spiro atoms. The molecule has 1 heterocycles. The third-order valence-corrected chi connectivity index (χ3v) is 10.8. The number of carbonyl (C=O) groups excluding carboxylic acids is 2. The molecule has 192 valence electrons. The van der Waals surface area contributed by atoms with Gasteiger partial charge in [0.1, 0.15) is 17.6 Å². The summed E-state index contributed by atoms with van der Waals surface area (Å²) in [6.45, 7) is 12.5. The molecule has 8 atom stereocenters. The van der Waals surface area contributed by atoms with Crippen molar-refractivity contribution in [2.75, 3.05) is 12.9 Å². The molecule has 0 aliphatic heterocycles. The lowest BCUT2D eigenvalue weighted by Crippen LogP contribution is -2.63. The summed E-state index contributed by atoms with van der Waals surface area (Å²) in [6.07, 6.45) is 7.64. The number of hydrogen-bond donors (Lipinski definition) is 1. The highest BCUT2D eigenvalue weighted by atomic mass is 32.2. The molecule has 1 aromatic rings. The molecule has 0 unspecified atom stereocenters. The van der Waals surface area contributed by atoms with Gasteiger partial charge in [0.05, 0.1) is 25.2 Å². The summed E-state index contributed by atoms with van der Waals surface area (Å²) in [6, 6.07) is 1.84. The van der Waals surface area contributed by atoms with E-state index in [0.29, 0.717) is 18.6 Å². The lowest BCUT2D eigenvalue weighted by Gasteiger charge is -2.61. The number of hydrogen-bond acceptors (Lipinski definition) is 7. The second kappa shape index (κ2) is 9.55. The second-order valence-electron chi connectivity index (χ2n) is 11.4. The Morgan fingerprint density at radius 1 is 1.31 bits per heavy atom. The summed E-state index contributed by atoms with van der Waals surface area (Å²) in [4.78, 5) is 31.6. The molecule has 3 aliphatic rings. The highest BCUT2D eigenvalue weighted by Gasteiger charge is 2.68. The van der Waals surface area contributed by atoms with Crippen LogP contribution in [-0.4, -0.2) is 46.9 Å². The fraction of sp³-hybridized carbons (Fsp3) is 0.679. The Labute approximate surface area is 213 Å². The molecule has 0 aromatic carbocycles. The summed E-state index contributed by atoms with van der Waals surface area (Å²) >= 11 is 1.35. The molecule has 3 saturated carbocycles. The summed E-state index contributed by atoms with van der Waals surface area (Å²) in [5.74, 6) is 0.654. The van der Waals surface area contributed by atoms with Gasteiger partial charge in [0.2, 0.25) is 0 Å². The molecule has 0 radical (unpaired) electrons. The van der Waals surface area contributed by atoms with Crippen molar-refractivity contribution in [3.05, 3.63) is 31.1 Å². The number of Topliss-reactive ketones (excluding diaryl/α,β-unsaturated/α-hetero) is 1. The maximum Gasteiger partial charge on any atom is 0.316 e. The fourth-order valence-corrected chi connectivity index (χ4v) is 8.11. The van der Waals surface area contributed by atoms with Gasteiger partial charge in [-0.2, -0.15) is 0 Å². The van der Waals surface area contributed by atoms with Crippen LogP contribution >= 0.6 is 11.8 Å². The molecule has 0 saturated heterocycles. The van der Waals surface area contributed by atoms with Crippen molar-refractivity contribution in [1.82, 2.24) is 4.98 Å². The van der Waals surface area contributed by atoms with E-state index >= 15 is 0 Å². The molecule has 1 aromatic heterocycles. The topological polar surface area (TPSA) is 85.7 Å². The van der Waals surface area contributed by atoms with Crippen LogP contribution < -0.4 is 4.74 Å². The van der Waals surface area contributed by atoms with Gasteiger partial charge in [-0.25, -0.2) is 0 Å². The monoisotopic (exact) mass is 501 g/mol. The molecule has 4 rings (SSSR count). The molecule has 1 N–H and O–H groups in total. The first kappa shape index (κ1) is 26.2. The normalized spacial score (nSPS) is 40.9.